The molecular formula is C18H24N2O4. The van der Waals surface area contributed by atoms with Gasteiger partial charge in [0.1, 0.15) is 18.0 Å². The summed E-state index contributed by atoms with van der Waals surface area (Å²) in [7, 11) is 3.34. The Morgan fingerprint density at radius 1 is 1.42 bits per heavy atom. The Morgan fingerprint density at radius 3 is 3.00 bits per heavy atom. The molecule has 0 aliphatic carbocycles. The molecule has 24 heavy (non-hydrogen) atoms. The van der Waals surface area contributed by atoms with E-state index in [-0.39, 0.29) is 24.5 Å². The lowest BCUT2D eigenvalue weighted by Gasteiger charge is -2.42. The van der Waals surface area contributed by atoms with Gasteiger partial charge in [-0.1, -0.05) is 18.2 Å². The first-order valence-corrected chi connectivity index (χ1v) is 8.33. The van der Waals surface area contributed by atoms with Crippen LogP contribution in [-0.4, -0.2) is 49.6 Å². The quantitative estimate of drug-likeness (QED) is 0.914. The van der Waals surface area contributed by atoms with Crippen molar-refractivity contribution >= 4 is 11.8 Å². The van der Waals surface area contributed by atoms with Gasteiger partial charge in [0.25, 0.3) is 0 Å². The molecule has 1 fully saturated rings. The number of nitrogens with zero attached hydrogens (tertiary/aromatic N) is 1. The van der Waals surface area contributed by atoms with Crippen molar-refractivity contribution in [3.05, 3.63) is 29.8 Å². The normalized spacial score (nSPS) is 26.5. The third kappa shape index (κ3) is 3.38. The second kappa shape index (κ2) is 6.81. The number of methoxy groups -OCH3 is 1. The van der Waals surface area contributed by atoms with Crippen LogP contribution in [0.15, 0.2) is 24.3 Å². The number of amides is 2. The minimum absolute atomic E-state index is 0.0355. The number of fused-ring (bicyclic) bond motifs is 1. The van der Waals surface area contributed by atoms with Gasteiger partial charge < -0.3 is 19.7 Å². The van der Waals surface area contributed by atoms with Crippen LogP contribution in [0.2, 0.25) is 0 Å². The standard InChI is InChI=1S/C18H24N2O4/c1-20-10-9-18(8-7-17(20)22)11-14(19-16(21)12-23-2)13-5-3-4-6-15(13)24-18/h3-6,14H,7-12H2,1-2H3,(H,19,21)/t14-,18+/m0/s1. The van der Waals surface area contributed by atoms with Crippen molar-refractivity contribution in [2.24, 2.45) is 0 Å². The van der Waals surface area contributed by atoms with E-state index in [1.54, 1.807) is 4.90 Å². The van der Waals surface area contributed by atoms with E-state index in [2.05, 4.69) is 5.32 Å². The van der Waals surface area contributed by atoms with E-state index in [0.717, 1.165) is 17.7 Å². The number of carbonyl (C=O) groups excluding carboxylic acids is 2. The van der Waals surface area contributed by atoms with Crippen molar-refractivity contribution in [1.82, 2.24) is 10.2 Å². The van der Waals surface area contributed by atoms with Crippen LogP contribution in [0.5, 0.6) is 5.75 Å². The molecule has 1 aromatic carbocycles. The second-order valence-electron chi connectivity index (χ2n) is 6.65. The lowest BCUT2D eigenvalue weighted by molar-refractivity contribution is -0.129. The number of rotatable bonds is 3. The average molecular weight is 332 g/mol. The fourth-order valence-corrected chi connectivity index (χ4v) is 3.57. The highest BCUT2D eigenvalue weighted by Gasteiger charge is 2.43. The zero-order valence-corrected chi connectivity index (χ0v) is 14.2. The minimum atomic E-state index is -0.417. The zero-order chi connectivity index (χ0) is 17.2. The van der Waals surface area contributed by atoms with Crippen LogP contribution in [0.3, 0.4) is 0 Å². The number of hydrogen-bond donors (Lipinski definition) is 1. The van der Waals surface area contributed by atoms with Crippen LogP contribution in [0, 0.1) is 0 Å². The van der Waals surface area contributed by atoms with Crippen LogP contribution >= 0.6 is 0 Å². The van der Waals surface area contributed by atoms with Crippen molar-refractivity contribution in [1.29, 1.82) is 0 Å². The fourth-order valence-electron chi connectivity index (χ4n) is 3.57. The summed E-state index contributed by atoms with van der Waals surface area (Å²) in [4.78, 5) is 25.8. The predicted molar refractivity (Wildman–Crippen MR) is 88.7 cm³/mol. The topological polar surface area (TPSA) is 67.9 Å². The molecule has 3 rings (SSSR count). The zero-order valence-electron chi connectivity index (χ0n) is 14.2. The molecule has 1 saturated heterocycles. The lowest BCUT2D eigenvalue weighted by atomic mass is 9.82. The molecule has 0 aromatic heterocycles. The largest absolute Gasteiger partial charge is 0.487 e. The summed E-state index contributed by atoms with van der Waals surface area (Å²) >= 11 is 0. The number of ether oxygens (including phenoxy) is 2. The van der Waals surface area contributed by atoms with Crippen LogP contribution in [-0.2, 0) is 14.3 Å². The Kier molecular flexibility index (Phi) is 4.76. The molecule has 0 bridgehead atoms. The first-order chi connectivity index (χ1) is 11.5. The molecule has 0 radical (unpaired) electrons. The number of likely N-dealkylation sites (tertiary alicyclic amines) is 1. The second-order valence-corrected chi connectivity index (χ2v) is 6.65. The van der Waals surface area contributed by atoms with E-state index in [0.29, 0.717) is 25.8 Å². The molecule has 1 aromatic rings. The van der Waals surface area contributed by atoms with Crippen molar-refractivity contribution in [3.8, 4) is 5.75 Å². The molecule has 130 valence electrons. The molecule has 1 spiro atoms. The molecule has 2 atom stereocenters. The summed E-state index contributed by atoms with van der Waals surface area (Å²) in [5.74, 6) is 0.800. The Labute approximate surface area is 142 Å². The highest BCUT2D eigenvalue weighted by molar-refractivity contribution is 5.78. The molecule has 2 heterocycles. The van der Waals surface area contributed by atoms with Crippen LogP contribution in [0.1, 0.15) is 37.3 Å². The van der Waals surface area contributed by atoms with E-state index in [1.807, 2.05) is 31.3 Å². The van der Waals surface area contributed by atoms with Gasteiger partial charge in [0, 0.05) is 45.5 Å². The van der Waals surface area contributed by atoms with Gasteiger partial charge in [-0.3, -0.25) is 9.59 Å². The summed E-state index contributed by atoms with van der Waals surface area (Å²) in [6.07, 6.45) is 2.57. The van der Waals surface area contributed by atoms with Crippen LogP contribution in [0.25, 0.3) is 0 Å². The number of carbonyl (C=O) groups is 2. The maximum atomic E-state index is 12.0. The highest BCUT2D eigenvalue weighted by Crippen LogP contribution is 2.44. The van der Waals surface area contributed by atoms with Gasteiger partial charge in [0.2, 0.25) is 11.8 Å². The Bertz CT molecular complexity index is 633. The van der Waals surface area contributed by atoms with Gasteiger partial charge in [-0.05, 0) is 12.5 Å². The average Bonchev–Trinajstić information content (AvgIpc) is 2.69. The maximum Gasteiger partial charge on any atom is 0.246 e. The molecule has 1 N–H and O–H groups in total. The summed E-state index contributed by atoms with van der Waals surface area (Å²) < 4.78 is 11.3. The fraction of sp³-hybridized carbons (Fsp3) is 0.556. The Hall–Kier alpha value is -2.08. The van der Waals surface area contributed by atoms with E-state index in [4.69, 9.17) is 9.47 Å². The van der Waals surface area contributed by atoms with E-state index in [1.165, 1.54) is 7.11 Å². The van der Waals surface area contributed by atoms with Gasteiger partial charge >= 0.3 is 0 Å². The monoisotopic (exact) mass is 332 g/mol. The van der Waals surface area contributed by atoms with Crippen LogP contribution < -0.4 is 10.1 Å². The number of nitrogens with one attached hydrogen (secondary N) is 1. The Morgan fingerprint density at radius 2 is 2.21 bits per heavy atom. The molecule has 2 amide bonds. The van der Waals surface area contributed by atoms with Crippen molar-refractivity contribution in [2.45, 2.75) is 37.3 Å². The predicted octanol–water partition coefficient (Wildman–Crippen LogP) is 1.65. The maximum absolute atomic E-state index is 12.0. The molecule has 2 aliphatic rings. The molecule has 0 saturated carbocycles. The number of para-hydroxylation sites is 1. The first kappa shape index (κ1) is 16.8. The molecule has 0 unspecified atom stereocenters. The summed E-state index contributed by atoms with van der Waals surface area (Å²) in [6, 6.07) is 7.66. The minimum Gasteiger partial charge on any atom is -0.487 e. The van der Waals surface area contributed by atoms with Gasteiger partial charge in [-0.15, -0.1) is 0 Å². The summed E-state index contributed by atoms with van der Waals surface area (Å²) in [5.41, 5.74) is 0.566. The summed E-state index contributed by atoms with van der Waals surface area (Å²) in [6.45, 7) is 0.702. The van der Waals surface area contributed by atoms with Gasteiger partial charge in [-0.25, -0.2) is 0 Å². The molecule has 2 aliphatic heterocycles. The third-order valence-electron chi connectivity index (χ3n) is 4.93. The van der Waals surface area contributed by atoms with Crippen LogP contribution in [0.4, 0.5) is 0 Å². The van der Waals surface area contributed by atoms with Gasteiger partial charge in [0.05, 0.1) is 6.04 Å². The van der Waals surface area contributed by atoms with Crippen molar-refractivity contribution in [3.63, 3.8) is 0 Å². The molecule has 6 heteroatoms. The van der Waals surface area contributed by atoms with E-state index >= 15 is 0 Å². The number of hydrogen-bond acceptors (Lipinski definition) is 4. The number of benzene rings is 1. The van der Waals surface area contributed by atoms with E-state index < -0.39 is 5.60 Å². The van der Waals surface area contributed by atoms with E-state index in [9.17, 15) is 9.59 Å². The van der Waals surface area contributed by atoms with Gasteiger partial charge in [0.15, 0.2) is 0 Å². The van der Waals surface area contributed by atoms with Gasteiger partial charge in [-0.2, -0.15) is 0 Å². The lowest BCUT2D eigenvalue weighted by Crippen LogP contribution is -2.46. The van der Waals surface area contributed by atoms with Crippen molar-refractivity contribution in [2.75, 3.05) is 27.3 Å². The van der Waals surface area contributed by atoms with Crippen molar-refractivity contribution < 1.29 is 19.1 Å². The smallest absolute Gasteiger partial charge is 0.246 e. The SMILES string of the molecule is COCC(=O)N[C@H]1C[C@]2(CCC(=O)N(C)CC2)Oc2ccccc21. The third-order valence-corrected chi connectivity index (χ3v) is 4.93. The Balaban J connectivity index is 1.86. The molecule has 6 nitrogen and oxygen atoms in total. The first-order valence-electron chi connectivity index (χ1n) is 8.33. The molecular weight excluding hydrogens is 308 g/mol. The summed E-state index contributed by atoms with van der Waals surface area (Å²) in [5, 5.41) is 3.05. The highest BCUT2D eigenvalue weighted by atomic mass is 16.5.